The van der Waals surface area contributed by atoms with Crippen LogP contribution in [0.3, 0.4) is 0 Å². The maximum atomic E-state index is 11.7. The third-order valence-corrected chi connectivity index (χ3v) is 3.24. The maximum Gasteiger partial charge on any atom is 0.330 e. The molecule has 1 amide bonds. The van der Waals surface area contributed by atoms with Gasteiger partial charge in [-0.05, 0) is 43.5 Å². The Balaban J connectivity index is 2.46. The lowest BCUT2D eigenvalue weighted by molar-refractivity contribution is -0.137. The van der Waals surface area contributed by atoms with Crippen LogP contribution in [0.4, 0.5) is 5.69 Å². The number of hydrogen-bond donors (Lipinski definition) is 1. The molecular weight excluding hydrogens is 334 g/mol. The summed E-state index contributed by atoms with van der Waals surface area (Å²) in [5.41, 5.74) is 1.63. The van der Waals surface area contributed by atoms with Crippen molar-refractivity contribution in [1.82, 2.24) is 0 Å². The number of rotatable bonds is 8. The molecule has 0 aromatic heterocycles. The first-order valence-corrected chi connectivity index (χ1v) is 8.08. The average molecular weight is 354 g/mol. The van der Waals surface area contributed by atoms with Crippen molar-refractivity contribution < 1.29 is 14.3 Å². The summed E-state index contributed by atoms with van der Waals surface area (Å²) in [6, 6.07) is 7.30. The molecule has 1 rings (SSSR count). The van der Waals surface area contributed by atoms with Gasteiger partial charge in [-0.25, -0.2) is 4.79 Å². The van der Waals surface area contributed by atoms with Gasteiger partial charge in [-0.15, -0.1) is 0 Å². The topological polar surface area (TPSA) is 55.4 Å². The molecule has 1 N–H and O–H groups in total. The number of anilines is 1. The first kappa shape index (κ1) is 17.4. The Hall–Kier alpha value is -1.62. The number of amides is 1. The fraction of sp³-hybridized carbons (Fsp3) is 0.375. The Morgan fingerprint density at radius 3 is 2.57 bits per heavy atom. The molecule has 4 nitrogen and oxygen atoms in total. The van der Waals surface area contributed by atoms with Gasteiger partial charge < -0.3 is 10.1 Å². The summed E-state index contributed by atoms with van der Waals surface area (Å²) in [6.45, 7) is 2.13. The lowest BCUT2D eigenvalue weighted by atomic mass is 10.2. The minimum Gasteiger partial charge on any atom is -0.463 e. The summed E-state index contributed by atoms with van der Waals surface area (Å²) in [5.74, 6) is -0.340. The summed E-state index contributed by atoms with van der Waals surface area (Å²) in [6.07, 6.45) is 5.45. The minimum absolute atomic E-state index is 0.0192. The van der Waals surface area contributed by atoms with Gasteiger partial charge in [0, 0.05) is 23.5 Å². The normalized spacial score (nSPS) is 10.6. The van der Waals surface area contributed by atoms with Crippen molar-refractivity contribution in [1.29, 1.82) is 0 Å². The summed E-state index contributed by atoms with van der Waals surface area (Å²) in [5, 5.41) is 3.76. The number of carbonyl (C=O) groups excluding carboxylic acids is 2. The highest BCUT2D eigenvalue weighted by molar-refractivity contribution is 9.09. The fourth-order valence-electron chi connectivity index (χ4n) is 1.64. The lowest BCUT2D eigenvalue weighted by Gasteiger charge is -2.05. The van der Waals surface area contributed by atoms with Crippen LogP contribution in [0, 0.1) is 0 Å². The number of alkyl halides is 1. The smallest absolute Gasteiger partial charge is 0.330 e. The van der Waals surface area contributed by atoms with E-state index in [9.17, 15) is 9.59 Å². The minimum atomic E-state index is -0.360. The highest BCUT2D eigenvalue weighted by atomic mass is 79.9. The molecule has 0 unspecified atom stereocenters. The number of hydrogen-bond acceptors (Lipinski definition) is 3. The quantitative estimate of drug-likeness (QED) is 0.335. The van der Waals surface area contributed by atoms with Gasteiger partial charge in [0.05, 0.1) is 6.61 Å². The summed E-state index contributed by atoms with van der Waals surface area (Å²) in [7, 11) is 0. The predicted molar refractivity (Wildman–Crippen MR) is 88.4 cm³/mol. The molecule has 0 saturated heterocycles. The first-order chi connectivity index (χ1) is 10.2. The molecule has 0 atom stereocenters. The number of ether oxygens (including phenoxy) is 1. The zero-order valence-corrected chi connectivity index (χ0v) is 13.7. The van der Waals surface area contributed by atoms with Gasteiger partial charge in [-0.1, -0.05) is 28.1 Å². The lowest BCUT2D eigenvalue weighted by Crippen LogP contribution is -2.10. The van der Waals surface area contributed by atoms with Gasteiger partial charge >= 0.3 is 5.97 Å². The number of esters is 1. The molecule has 114 valence electrons. The highest BCUT2D eigenvalue weighted by Gasteiger charge is 2.01. The molecule has 1 aromatic rings. The van der Waals surface area contributed by atoms with Crippen LogP contribution in [0.1, 0.15) is 31.7 Å². The fourth-order valence-corrected chi connectivity index (χ4v) is 2.03. The zero-order chi connectivity index (χ0) is 15.5. The first-order valence-electron chi connectivity index (χ1n) is 6.96. The van der Waals surface area contributed by atoms with E-state index in [2.05, 4.69) is 21.2 Å². The second-order valence-electron chi connectivity index (χ2n) is 4.40. The molecule has 0 heterocycles. The number of benzene rings is 1. The van der Waals surface area contributed by atoms with E-state index in [0.29, 0.717) is 13.0 Å². The van der Waals surface area contributed by atoms with Crippen molar-refractivity contribution >= 4 is 39.6 Å². The van der Waals surface area contributed by atoms with E-state index in [1.165, 1.54) is 6.08 Å². The van der Waals surface area contributed by atoms with E-state index >= 15 is 0 Å². The van der Waals surface area contributed by atoms with Crippen LogP contribution in [-0.4, -0.2) is 23.8 Å². The van der Waals surface area contributed by atoms with Gasteiger partial charge in [-0.3, -0.25) is 4.79 Å². The molecule has 0 bridgehead atoms. The second-order valence-corrected chi connectivity index (χ2v) is 5.19. The SMILES string of the molecule is CCOC(=O)/C=C/c1ccc(NC(=O)CCCCBr)cc1. The predicted octanol–water partition coefficient (Wildman–Crippen LogP) is 3.77. The Morgan fingerprint density at radius 2 is 1.95 bits per heavy atom. The highest BCUT2D eigenvalue weighted by Crippen LogP contribution is 2.12. The Bertz CT molecular complexity index is 483. The summed E-state index contributed by atoms with van der Waals surface area (Å²) in [4.78, 5) is 22.8. The molecule has 0 aliphatic carbocycles. The number of nitrogens with one attached hydrogen (secondary N) is 1. The standard InChI is InChI=1S/C16H20BrNO3/c1-2-21-16(20)11-8-13-6-9-14(10-7-13)18-15(19)5-3-4-12-17/h6-11H,2-5,12H2,1H3,(H,18,19)/b11-8+. The summed E-state index contributed by atoms with van der Waals surface area (Å²) >= 11 is 3.34. The van der Waals surface area contributed by atoms with E-state index in [0.717, 1.165) is 29.4 Å². The van der Waals surface area contributed by atoms with Crippen molar-refractivity contribution in [2.75, 3.05) is 17.3 Å². The van der Waals surface area contributed by atoms with Crippen molar-refractivity contribution in [3.05, 3.63) is 35.9 Å². The van der Waals surface area contributed by atoms with E-state index in [1.807, 2.05) is 24.3 Å². The van der Waals surface area contributed by atoms with E-state index in [1.54, 1.807) is 13.0 Å². The molecule has 0 spiro atoms. The van der Waals surface area contributed by atoms with Crippen molar-refractivity contribution in [3.63, 3.8) is 0 Å². The maximum absolute atomic E-state index is 11.7. The van der Waals surface area contributed by atoms with Crippen LogP contribution in [0.5, 0.6) is 0 Å². The molecule has 0 fully saturated rings. The number of carbonyl (C=O) groups is 2. The van der Waals surface area contributed by atoms with E-state index in [4.69, 9.17) is 4.74 Å². The third-order valence-electron chi connectivity index (χ3n) is 2.68. The van der Waals surface area contributed by atoms with Crippen LogP contribution in [0.25, 0.3) is 6.08 Å². The van der Waals surface area contributed by atoms with Gasteiger partial charge in [0.15, 0.2) is 0 Å². The average Bonchev–Trinajstić information content (AvgIpc) is 2.47. The Kier molecular flexibility index (Phi) is 8.43. The van der Waals surface area contributed by atoms with Crippen LogP contribution >= 0.6 is 15.9 Å². The van der Waals surface area contributed by atoms with Crippen LogP contribution < -0.4 is 5.32 Å². The van der Waals surface area contributed by atoms with Crippen LogP contribution in [0.2, 0.25) is 0 Å². The molecule has 0 aliphatic heterocycles. The molecule has 0 saturated carbocycles. The van der Waals surface area contributed by atoms with Crippen LogP contribution in [-0.2, 0) is 14.3 Å². The second kappa shape index (κ2) is 10.2. The molecular formula is C16H20BrNO3. The molecule has 5 heteroatoms. The third kappa shape index (κ3) is 7.66. The zero-order valence-electron chi connectivity index (χ0n) is 12.1. The van der Waals surface area contributed by atoms with Gasteiger partial charge in [-0.2, -0.15) is 0 Å². The number of unbranched alkanes of at least 4 members (excludes halogenated alkanes) is 1. The van der Waals surface area contributed by atoms with E-state index in [-0.39, 0.29) is 11.9 Å². The largest absolute Gasteiger partial charge is 0.463 e. The summed E-state index contributed by atoms with van der Waals surface area (Å²) < 4.78 is 4.80. The molecule has 0 radical (unpaired) electrons. The molecule has 21 heavy (non-hydrogen) atoms. The van der Waals surface area contributed by atoms with Crippen LogP contribution in [0.15, 0.2) is 30.3 Å². The van der Waals surface area contributed by atoms with Crippen molar-refractivity contribution in [3.8, 4) is 0 Å². The Labute approximate surface area is 133 Å². The Morgan fingerprint density at radius 1 is 1.24 bits per heavy atom. The molecule has 0 aliphatic rings. The van der Waals surface area contributed by atoms with Gasteiger partial charge in [0.25, 0.3) is 0 Å². The molecule has 1 aromatic carbocycles. The van der Waals surface area contributed by atoms with Gasteiger partial charge in [0.1, 0.15) is 0 Å². The van der Waals surface area contributed by atoms with E-state index < -0.39 is 0 Å². The monoisotopic (exact) mass is 353 g/mol. The number of halogens is 1. The van der Waals surface area contributed by atoms with Crippen molar-refractivity contribution in [2.24, 2.45) is 0 Å². The van der Waals surface area contributed by atoms with Crippen molar-refractivity contribution in [2.45, 2.75) is 26.2 Å². The van der Waals surface area contributed by atoms with Gasteiger partial charge in [0.2, 0.25) is 5.91 Å².